The summed E-state index contributed by atoms with van der Waals surface area (Å²) in [4.78, 5) is 23.1. The van der Waals surface area contributed by atoms with Gasteiger partial charge in [0.2, 0.25) is 0 Å². The number of Topliss-reactive ketones (excluding diaryl/α,β-unsaturated/α-hetero) is 1. The van der Waals surface area contributed by atoms with Crippen molar-refractivity contribution >= 4 is 11.8 Å². The first kappa shape index (κ1) is 22.8. The molecule has 2 aliphatic rings. The fourth-order valence-corrected chi connectivity index (χ4v) is 5.75. The third-order valence-electron chi connectivity index (χ3n) is 7.80. The predicted molar refractivity (Wildman–Crippen MR) is 122 cm³/mol. The fraction of sp³-hybridized carbons (Fsp3) is 0.630. The largest absolute Gasteiger partial charge is 0.481 e. The SMILES string of the molecule is CCCC1(C(C)c2ccc([C@H]3CCC(=O)[C@@H]3C/C=C\CCCC(=O)O)cc2)CCC1. The van der Waals surface area contributed by atoms with Crippen molar-refractivity contribution in [2.45, 2.75) is 96.3 Å². The molecule has 2 saturated carbocycles. The molecule has 1 aromatic carbocycles. The maximum absolute atomic E-state index is 12.5. The lowest BCUT2D eigenvalue weighted by atomic mass is 9.58. The van der Waals surface area contributed by atoms with Crippen LogP contribution in [-0.2, 0) is 9.59 Å². The van der Waals surface area contributed by atoms with Crippen LogP contribution >= 0.6 is 0 Å². The highest BCUT2D eigenvalue weighted by molar-refractivity contribution is 5.84. The van der Waals surface area contributed by atoms with Gasteiger partial charge in [-0.2, -0.15) is 0 Å². The first-order valence-electron chi connectivity index (χ1n) is 12.0. The molecule has 0 spiro atoms. The van der Waals surface area contributed by atoms with E-state index in [-0.39, 0.29) is 12.3 Å². The summed E-state index contributed by atoms with van der Waals surface area (Å²) in [6, 6.07) is 9.18. The van der Waals surface area contributed by atoms with E-state index in [9.17, 15) is 9.59 Å². The topological polar surface area (TPSA) is 54.4 Å². The van der Waals surface area contributed by atoms with E-state index in [1.165, 1.54) is 43.2 Å². The minimum atomic E-state index is -0.745. The highest BCUT2D eigenvalue weighted by Crippen LogP contribution is 2.54. The number of aliphatic carboxylic acids is 1. The van der Waals surface area contributed by atoms with Gasteiger partial charge in [0.05, 0.1) is 0 Å². The number of hydrogen-bond donors (Lipinski definition) is 1. The highest BCUT2D eigenvalue weighted by atomic mass is 16.4. The van der Waals surface area contributed by atoms with Gasteiger partial charge in [-0.15, -0.1) is 0 Å². The number of carboxylic acid groups (broad SMARTS) is 1. The summed E-state index contributed by atoms with van der Waals surface area (Å²) in [5.41, 5.74) is 3.26. The molecular weight excluding hydrogens is 372 g/mol. The summed E-state index contributed by atoms with van der Waals surface area (Å²) in [7, 11) is 0. The molecule has 0 saturated heterocycles. The van der Waals surface area contributed by atoms with Crippen LogP contribution in [0.2, 0.25) is 0 Å². The van der Waals surface area contributed by atoms with Crippen LogP contribution in [0.25, 0.3) is 0 Å². The maximum atomic E-state index is 12.5. The van der Waals surface area contributed by atoms with E-state index in [0.29, 0.717) is 35.9 Å². The Labute approximate surface area is 182 Å². The predicted octanol–water partition coefficient (Wildman–Crippen LogP) is 7.02. The van der Waals surface area contributed by atoms with Crippen LogP contribution in [0.3, 0.4) is 0 Å². The van der Waals surface area contributed by atoms with Gasteiger partial charge in [0.15, 0.2) is 0 Å². The Morgan fingerprint density at radius 3 is 2.57 bits per heavy atom. The van der Waals surface area contributed by atoms with Crippen molar-refractivity contribution in [2.75, 3.05) is 0 Å². The van der Waals surface area contributed by atoms with Crippen molar-refractivity contribution < 1.29 is 14.7 Å². The smallest absolute Gasteiger partial charge is 0.303 e. The molecule has 1 N–H and O–H groups in total. The first-order chi connectivity index (χ1) is 14.5. The van der Waals surface area contributed by atoms with Gasteiger partial charge in [-0.05, 0) is 73.3 Å². The molecule has 2 fully saturated rings. The zero-order valence-corrected chi connectivity index (χ0v) is 18.7. The second kappa shape index (κ2) is 10.4. The molecule has 3 nitrogen and oxygen atoms in total. The molecule has 0 aliphatic heterocycles. The molecule has 30 heavy (non-hydrogen) atoms. The molecule has 0 heterocycles. The number of allylic oxidation sites excluding steroid dienone is 2. The van der Waals surface area contributed by atoms with Crippen molar-refractivity contribution in [3.63, 3.8) is 0 Å². The van der Waals surface area contributed by atoms with Crippen molar-refractivity contribution in [3.05, 3.63) is 47.5 Å². The third kappa shape index (κ3) is 5.22. The van der Waals surface area contributed by atoms with Gasteiger partial charge >= 0.3 is 5.97 Å². The van der Waals surface area contributed by atoms with Crippen LogP contribution in [0.5, 0.6) is 0 Å². The summed E-state index contributed by atoms with van der Waals surface area (Å²) in [6.45, 7) is 4.70. The number of carbonyl (C=O) groups excluding carboxylic acids is 1. The minimum absolute atomic E-state index is 0.0714. The number of rotatable bonds is 11. The van der Waals surface area contributed by atoms with Crippen LogP contribution in [-0.4, -0.2) is 16.9 Å². The Hall–Kier alpha value is -1.90. The molecule has 2 aliphatic carbocycles. The Bertz CT molecular complexity index is 742. The van der Waals surface area contributed by atoms with Crippen molar-refractivity contribution in [3.8, 4) is 0 Å². The molecule has 3 heteroatoms. The zero-order chi connectivity index (χ0) is 21.6. The van der Waals surface area contributed by atoms with Crippen LogP contribution in [0.1, 0.15) is 107 Å². The summed E-state index contributed by atoms with van der Waals surface area (Å²) < 4.78 is 0. The molecule has 164 valence electrons. The van der Waals surface area contributed by atoms with E-state index in [0.717, 1.165) is 19.3 Å². The molecule has 3 rings (SSSR count). The lowest BCUT2D eigenvalue weighted by molar-refractivity contribution is -0.137. The van der Waals surface area contributed by atoms with Gasteiger partial charge < -0.3 is 5.11 Å². The van der Waals surface area contributed by atoms with Crippen molar-refractivity contribution in [2.24, 2.45) is 11.3 Å². The summed E-state index contributed by atoms with van der Waals surface area (Å²) in [5, 5.41) is 8.71. The maximum Gasteiger partial charge on any atom is 0.303 e. The lowest BCUT2D eigenvalue weighted by Crippen LogP contribution is -2.34. The number of benzene rings is 1. The van der Waals surface area contributed by atoms with Gasteiger partial charge in [-0.25, -0.2) is 0 Å². The highest BCUT2D eigenvalue weighted by Gasteiger charge is 2.41. The lowest BCUT2D eigenvalue weighted by Gasteiger charge is -2.47. The summed E-state index contributed by atoms with van der Waals surface area (Å²) in [6.07, 6.45) is 14.9. The number of unbranched alkanes of at least 4 members (excludes halogenated alkanes) is 1. The standard InChI is InChI=1S/C27H38O3/c1-3-17-27(18-8-19-27)20(2)21-11-13-22(14-12-21)23-15-16-25(28)24(23)9-6-4-5-7-10-26(29)30/h4,6,11-14,20,23-24H,3,5,7-10,15-19H2,1-2H3,(H,29,30)/b6-4-/t20?,23-,24-/m1/s1. The average molecular weight is 411 g/mol. The molecule has 0 bridgehead atoms. The number of ketones is 1. The number of hydrogen-bond acceptors (Lipinski definition) is 2. The van der Waals surface area contributed by atoms with Crippen molar-refractivity contribution in [1.29, 1.82) is 0 Å². The van der Waals surface area contributed by atoms with Crippen LogP contribution in [0, 0.1) is 11.3 Å². The van der Waals surface area contributed by atoms with E-state index in [4.69, 9.17) is 5.11 Å². The molecule has 3 atom stereocenters. The fourth-order valence-electron chi connectivity index (χ4n) is 5.75. The Morgan fingerprint density at radius 2 is 1.97 bits per heavy atom. The monoisotopic (exact) mass is 410 g/mol. The van der Waals surface area contributed by atoms with E-state index in [2.05, 4.69) is 44.2 Å². The van der Waals surface area contributed by atoms with Crippen LogP contribution < -0.4 is 0 Å². The Balaban J connectivity index is 1.61. The van der Waals surface area contributed by atoms with Crippen LogP contribution in [0.15, 0.2) is 36.4 Å². The van der Waals surface area contributed by atoms with Gasteiger partial charge in [0.25, 0.3) is 0 Å². The molecule has 0 radical (unpaired) electrons. The first-order valence-corrected chi connectivity index (χ1v) is 12.0. The van der Waals surface area contributed by atoms with E-state index >= 15 is 0 Å². The van der Waals surface area contributed by atoms with E-state index in [1.54, 1.807) is 0 Å². The molecule has 0 amide bonds. The number of carbonyl (C=O) groups is 2. The van der Waals surface area contributed by atoms with E-state index < -0.39 is 5.97 Å². The molecule has 0 aromatic heterocycles. The second-order valence-electron chi connectivity index (χ2n) is 9.57. The van der Waals surface area contributed by atoms with E-state index in [1.807, 2.05) is 6.08 Å². The Kier molecular flexibility index (Phi) is 7.91. The Morgan fingerprint density at radius 1 is 1.23 bits per heavy atom. The van der Waals surface area contributed by atoms with Crippen LogP contribution in [0.4, 0.5) is 0 Å². The van der Waals surface area contributed by atoms with Gasteiger partial charge in [-0.3, -0.25) is 9.59 Å². The van der Waals surface area contributed by atoms with Gasteiger partial charge in [0, 0.05) is 18.8 Å². The van der Waals surface area contributed by atoms with Crippen molar-refractivity contribution in [1.82, 2.24) is 0 Å². The quantitative estimate of drug-likeness (QED) is 0.315. The minimum Gasteiger partial charge on any atom is -0.481 e. The average Bonchev–Trinajstić information content (AvgIpc) is 3.07. The molecule has 1 aromatic rings. The number of carboxylic acids is 1. The summed E-state index contributed by atoms with van der Waals surface area (Å²) in [5.74, 6) is 0.630. The zero-order valence-electron chi connectivity index (χ0n) is 18.7. The van der Waals surface area contributed by atoms with Gasteiger partial charge in [-0.1, -0.05) is 63.1 Å². The van der Waals surface area contributed by atoms with Gasteiger partial charge in [0.1, 0.15) is 5.78 Å². The second-order valence-corrected chi connectivity index (χ2v) is 9.57. The normalized spacial score (nSPS) is 24.1. The third-order valence-corrected chi connectivity index (χ3v) is 7.80. The molecule has 1 unspecified atom stereocenters. The molecular formula is C27H38O3. The summed E-state index contributed by atoms with van der Waals surface area (Å²) >= 11 is 0.